The normalized spacial score (nSPS) is 32.1. The Hall–Kier alpha value is -0.340. The summed E-state index contributed by atoms with van der Waals surface area (Å²) < 4.78 is 5.53. The summed E-state index contributed by atoms with van der Waals surface area (Å²) in [6, 6.07) is 0. The smallest absolute Gasteiger partial charge is 0.0761 e. The van der Waals surface area contributed by atoms with Crippen molar-refractivity contribution in [2.45, 2.75) is 32.8 Å². The van der Waals surface area contributed by atoms with Gasteiger partial charge in [-0.25, -0.2) is 0 Å². The predicted octanol–water partition coefficient (Wildman–Crippen LogP) is 1.74. The third-order valence-corrected chi connectivity index (χ3v) is 2.30. The molecule has 12 heavy (non-hydrogen) atoms. The first-order valence-electron chi connectivity index (χ1n) is 4.62. The number of aliphatic hydroxyl groups is 1. The van der Waals surface area contributed by atoms with Crippen molar-refractivity contribution in [1.82, 2.24) is 0 Å². The van der Waals surface area contributed by atoms with E-state index < -0.39 is 0 Å². The zero-order valence-electron chi connectivity index (χ0n) is 7.92. The largest absolute Gasteiger partial charge is 0.392 e. The van der Waals surface area contributed by atoms with Gasteiger partial charge in [-0.05, 0) is 31.3 Å². The summed E-state index contributed by atoms with van der Waals surface area (Å²) in [4.78, 5) is 0. The number of aliphatic hydroxyl groups excluding tert-OH is 1. The van der Waals surface area contributed by atoms with Crippen LogP contribution in [0.2, 0.25) is 0 Å². The van der Waals surface area contributed by atoms with Gasteiger partial charge in [-0.3, -0.25) is 0 Å². The van der Waals surface area contributed by atoms with Crippen LogP contribution >= 0.6 is 0 Å². The molecule has 0 aliphatic carbocycles. The molecule has 1 aliphatic rings. The van der Waals surface area contributed by atoms with Gasteiger partial charge in [0, 0.05) is 6.61 Å². The van der Waals surface area contributed by atoms with Gasteiger partial charge in [0.2, 0.25) is 0 Å². The highest BCUT2D eigenvalue weighted by molar-refractivity contribution is 5.02. The molecule has 0 aromatic heterocycles. The zero-order chi connectivity index (χ0) is 8.97. The van der Waals surface area contributed by atoms with E-state index in [2.05, 4.69) is 6.92 Å². The number of hydrogen-bond donors (Lipinski definition) is 1. The van der Waals surface area contributed by atoms with Crippen LogP contribution in [0.4, 0.5) is 0 Å². The third kappa shape index (κ3) is 2.95. The Balaban J connectivity index is 2.41. The van der Waals surface area contributed by atoms with Gasteiger partial charge < -0.3 is 9.84 Å². The molecule has 1 rings (SSSR count). The molecule has 0 unspecified atom stereocenters. The lowest BCUT2D eigenvalue weighted by atomic mass is 9.97. The maximum Gasteiger partial charge on any atom is 0.0761 e. The molecule has 1 N–H and O–H groups in total. The van der Waals surface area contributed by atoms with Crippen LogP contribution in [0.5, 0.6) is 0 Å². The first-order chi connectivity index (χ1) is 5.72. The maximum atomic E-state index is 8.81. The first-order valence-corrected chi connectivity index (χ1v) is 4.62. The van der Waals surface area contributed by atoms with Gasteiger partial charge >= 0.3 is 0 Å². The minimum absolute atomic E-state index is 0.147. The quantitative estimate of drug-likeness (QED) is 0.640. The summed E-state index contributed by atoms with van der Waals surface area (Å²) >= 11 is 0. The standard InChI is InChI=1S/C10H18O2/c1-8-3-4-12-10(5-8)6-9(2)7-11/h6,8,10-11H,3-5,7H2,1-2H3/b9-6+/t8-,10-/m0/s1. The Morgan fingerprint density at radius 2 is 2.42 bits per heavy atom. The molecule has 0 saturated carbocycles. The number of rotatable bonds is 2. The summed E-state index contributed by atoms with van der Waals surface area (Å²) in [5.74, 6) is 0.756. The third-order valence-electron chi connectivity index (χ3n) is 2.30. The van der Waals surface area contributed by atoms with Gasteiger partial charge in [-0.1, -0.05) is 13.0 Å². The van der Waals surface area contributed by atoms with E-state index in [1.807, 2.05) is 13.0 Å². The van der Waals surface area contributed by atoms with Gasteiger partial charge in [0.25, 0.3) is 0 Å². The van der Waals surface area contributed by atoms with Crippen molar-refractivity contribution in [2.24, 2.45) is 5.92 Å². The van der Waals surface area contributed by atoms with Crippen molar-refractivity contribution in [2.75, 3.05) is 13.2 Å². The topological polar surface area (TPSA) is 29.5 Å². The summed E-state index contributed by atoms with van der Waals surface area (Å²) in [7, 11) is 0. The summed E-state index contributed by atoms with van der Waals surface area (Å²) in [5, 5.41) is 8.81. The van der Waals surface area contributed by atoms with Crippen LogP contribution in [0.15, 0.2) is 11.6 Å². The van der Waals surface area contributed by atoms with Crippen LogP contribution in [-0.4, -0.2) is 24.4 Å². The lowest BCUT2D eigenvalue weighted by Crippen LogP contribution is -2.22. The Morgan fingerprint density at radius 3 is 3.00 bits per heavy atom. The number of ether oxygens (including phenoxy) is 1. The van der Waals surface area contributed by atoms with Crippen LogP contribution in [0.3, 0.4) is 0 Å². The molecule has 2 atom stereocenters. The van der Waals surface area contributed by atoms with E-state index in [0.717, 1.165) is 24.5 Å². The van der Waals surface area contributed by atoms with Gasteiger partial charge in [0.05, 0.1) is 12.7 Å². The molecule has 2 heteroatoms. The second-order valence-electron chi connectivity index (χ2n) is 3.71. The molecule has 0 spiro atoms. The molecule has 70 valence electrons. The van der Waals surface area contributed by atoms with Crippen LogP contribution in [-0.2, 0) is 4.74 Å². The highest BCUT2D eigenvalue weighted by atomic mass is 16.5. The first kappa shape index (κ1) is 9.75. The van der Waals surface area contributed by atoms with E-state index in [-0.39, 0.29) is 12.7 Å². The molecule has 0 amide bonds. The summed E-state index contributed by atoms with van der Waals surface area (Å²) in [5.41, 5.74) is 1.01. The minimum Gasteiger partial charge on any atom is -0.392 e. The van der Waals surface area contributed by atoms with E-state index in [0.29, 0.717) is 0 Å². The molecule has 0 aromatic rings. The Kier molecular flexibility index (Phi) is 3.76. The van der Waals surface area contributed by atoms with Crippen molar-refractivity contribution >= 4 is 0 Å². The van der Waals surface area contributed by atoms with E-state index in [1.165, 1.54) is 6.42 Å². The molecule has 0 radical (unpaired) electrons. The molecular formula is C10H18O2. The second kappa shape index (κ2) is 4.63. The average molecular weight is 170 g/mol. The highest BCUT2D eigenvalue weighted by Crippen LogP contribution is 2.20. The van der Waals surface area contributed by atoms with E-state index >= 15 is 0 Å². The zero-order valence-corrected chi connectivity index (χ0v) is 7.92. The van der Waals surface area contributed by atoms with Crippen molar-refractivity contribution in [3.05, 3.63) is 11.6 Å². The van der Waals surface area contributed by atoms with Crippen molar-refractivity contribution in [3.8, 4) is 0 Å². The molecule has 0 aromatic carbocycles. The number of hydrogen-bond acceptors (Lipinski definition) is 2. The molecule has 1 heterocycles. The molecule has 2 nitrogen and oxygen atoms in total. The minimum atomic E-state index is 0.147. The van der Waals surface area contributed by atoms with Crippen LogP contribution < -0.4 is 0 Å². The maximum absolute atomic E-state index is 8.81. The van der Waals surface area contributed by atoms with Crippen LogP contribution in [0, 0.1) is 5.92 Å². The highest BCUT2D eigenvalue weighted by Gasteiger charge is 2.17. The molecule has 1 saturated heterocycles. The van der Waals surface area contributed by atoms with Gasteiger partial charge in [-0.15, -0.1) is 0 Å². The van der Waals surface area contributed by atoms with Gasteiger partial charge in [0.15, 0.2) is 0 Å². The fraction of sp³-hybridized carbons (Fsp3) is 0.800. The van der Waals surface area contributed by atoms with Crippen LogP contribution in [0.25, 0.3) is 0 Å². The SMILES string of the molecule is C/C(=C\[C@@H]1C[C@@H](C)CCO1)CO. The van der Waals surface area contributed by atoms with Crippen LogP contribution in [0.1, 0.15) is 26.7 Å². The van der Waals surface area contributed by atoms with Gasteiger partial charge in [0.1, 0.15) is 0 Å². The van der Waals surface area contributed by atoms with Gasteiger partial charge in [-0.2, -0.15) is 0 Å². The lowest BCUT2D eigenvalue weighted by molar-refractivity contribution is 0.0232. The van der Waals surface area contributed by atoms with E-state index in [9.17, 15) is 0 Å². The molecule has 0 bridgehead atoms. The Labute approximate surface area is 74.2 Å². The average Bonchev–Trinajstić information content (AvgIpc) is 2.04. The van der Waals surface area contributed by atoms with Crippen molar-refractivity contribution in [3.63, 3.8) is 0 Å². The summed E-state index contributed by atoms with van der Waals surface area (Å²) in [6.07, 6.45) is 4.54. The predicted molar refractivity (Wildman–Crippen MR) is 49.0 cm³/mol. The van der Waals surface area contributed by atoms with Crippen molar-refractivity contribution in [1.29, 1.82) is 0 Å². The molecule has 1 fully saturated rings. The fourth-order valence-corrected chi connectivity index (χ4v) is 1.49. The Bertz CT molecular complexity index is 163. The molecule has 1 aliphatic heterocycles. The van der Waals surface area contributed by atoms with Crippen molar-refractivity contribution < 1.29 is 9.84 Å². The van der Waals surface area contributed by atoms with E-state index in [4.69, 9.17) is 9.84 Å². The Morgan fingerprint density at radius 1 is 1.67 bits per heavy atom. The second-order valence-corrected chi connectivity index (χ2v) is 3.71. The fourth-order valence-electron chi connectivity index (χ4n) is 1.49. The monoisotopic (exact) mass is 170 g/mol. The molecular weight excluding hydrogens is 152 g/mol. The summed E-state index contributed by atoms with van der Waals surface area (Å²) in [6.45, 7) is 5.19. The lowest BCUT2D eigenvalue weighted by Gasteiger charge is -2.25. The van der Waals surface area contributed by atoms with E-state index in [1.54, 1.807) is 0 Å².